The Morgan fingerprint density at radius 2 is 2.11 bits per heavy atom. The highest BCUT2D eigenvalue weighted by Gasteiger charge is 2.09. The summed E-state index contributed by atoms with van der Waals surface area (Å²) in [6, 6.07) is 7.74. The van der Waals surface area contributed by atoms with Crippen molar-refractivity contribution in [3.8, 4) is 0 Å². The van der Waals surface area contributed by atoms with E-state index in [1.807, 2.05) is 31.2 Å². The largest absolute Gasteiger partial charge is 0.352 e. The van der Waals surface area contributed by atoms with Gasteiger partial charge in [-0.05, 0) is 31.4 Å². The van der Waals surface area contributed by atoms with E-state index in [2.05, 4.69) is 19.2 Å². The Bertz CT molecular complexity index is 373. The molecular weight excluding hydrogens is 222 g/mol. The fourth-order valence-corrected chi connectivity index (χ4v) is 2.07. The molecule has 1 N–H and O–H groups in total. The molecule has 2 nitrogen and oxygen atoms in total. The van der Waals surface area contributed by atoms with Crippen molar-refractivity contribution < 1.29 is 4.79 Å². The summed E-state index contributed by atoms with van der Waals surface area (Å²) in [5, 5.41) is 3.05. The summed E-state index contributed by atoms with van der Waals surface area (Å²) >= 11 is 0. The number of benzene rings is 1. The maximum atomic E-state index is 12.0. The van der Waals surface area contributed by atoms with Crippen molar-refractivity contribution in [2.75, 3.05) is 6.54 Å². The number of aryl methyl sites for hydroxylation is 1. The lowest BCUT2D eigenvalue weighted by atomic mass is 9.99. The quantitative estimate of drug-likeness (QED) is 0.777. The van der Waals surface area contributed by atoms with Crippen molar-refractivity contribution in [3.05, 3.63) is 35.4 Å². The highest BCUT2D eigenvalue weighted by atomic mass is 16.1. The molecule has 2 heteroatoms. The zero-order valence-corrected chi connectivity index (χ0v) is 11.8. The first-order chi connectivity index (χ1) is 8.67. The van der Waals surface area contributed by atoms with Crippen LogP contribution in [0, 0.1) is 12.8 Å². The Morgan fingerprint density at radius 3 is 2.72 bits per heavy atom. The zero-order chi connectivity index (χ0) is 13.4. The summed E-state index contributed by atoms with van der Waals surface area (Å²) in [6.07, 6.45) is 4.82. The van der Waals surface area contributed by atoms with E-state index in [1.54, 1.807) is 0 Å². The van der Waals surface area contributed by atoms with Crippen LogP contribution in [0.25, 0.3) is 0 Å². The molecule has 1 aromatic rings. The summed E-state index contributed by atoms with van der Waals surface area (Å²) in [6.45, 7) is 7.20. The Balaban J connectivity index is 2.44. The molecule has 100 valence electrons. The summed E-state index contributed by atoms with van der Waals surface area (Å²) in [4.78, 5) is 12.0. The van der Waals surface area contributed by atoms with Crippen LogP contribution in [0.4, 0.5) is 0 Å². The Labute approximate surface area is 111 Å². The fraction of sp³-hybridized carbons (Fsp3) is 0.562. The van der Waals surface area contributed by atoms with Crippen molar-refractivity contribution in [1.82, 2.24) is 5.32 Å². The molecule has 0 radical (unpaired) electrons. The minimum absolute atomic E-state index is 0.0497. The van der Waals surface area contributed by atoms with Crippen molar-refractivity contribution in [2.45, 2.75) is 46.5 Å². The third kappa shape index (κ3) is 4.91. The summed E-state index contributed by atoms with van der Waals surface area (Å²) in [7, 11) is 0. The second kappa shape index (κ2) is 7.91. The van der Waals surface area contributed by atoms with Gasteiger partial charge < -0.3 is 5.32 Å². The third-order valence-electron chi connectivity index (χ3n) is 3.37. The second-order valence-corrected chi connectivity index (χ2v) is 5.00. The molecule has 1 atom stereocenters. The molecule has 1 amide bonds. The first kappa shape index (κ1) is 14.7. The standard InChI is InChI=1S/C16H25NO/c1-4-6-9-14(5-2)12-17-16(18)15-10-7-8-13(3)11-15/h7-8,10-11,14H,4-6,9,12H2,1-3H3,(H,17,18)/t14-/m0/s1. The molecule has 0 fully saturated rings. The van der Waals surface area contributed by atoms with Gasteiger partial charge in [-0.3, -0.25) is 4.79 Å². The molecule has 0 saturated carbocycles. The van der Waals surface area contributed by atoms with E-state index in [4.69, 9.17) is 0 Å². The number of amides is 1. The Hall–Kier alpha value is -1.31. The maximum absolute atomic E-state index is 12.0. The van der Waals surface area contributed by atoms with Crippen LogP contribution in [0.3, 0.4) is 0 Å². The van der Waals surface area contributed by atoms with Crippen LogP contribution in [-0.4, -0.2) is 12.5 Å². The molecule has 0 heterocycles. The zero-order valence-electron chi connectivity index (χ0n) is 11.8. The fourth-order valence-electron chi connectivity index (χ4n) is 2.07. The van der Waals surface area contributed by atoms with Gasteiger partial charge >= 0.3 is 0 Å². The molecule has 1 aromatic carbocycles. The molecular formula is C16H25NO. The molecule has 0 unspecified atom stereocenters. The number of hydrogen-bond donors (Lipinski definition) is 1. The van der Waals surface area contributed by atoms with E-state index in [9.17, 15) is 4.79 Å². The van der Waals surface area contributed by atoms with Crippen LogP contribution in [0.15, 0.2) is 24.3 Å². The lowest BCUT2D eigenvalue weighted by Crippen LogP contribution is -2.29. The highest BCUT2D eigenvalue weighted by molar-refractivity contribution is 5.94. The summed E-state index contributed by atoms with van der Waals surface area (Å²) in [5.74, 6) is 0.660. The minimum atomic E-state index is 0.0497. The highest BCUT2D eigenvalue weighted by Crippen LogP contribution is 2.11. The predicted molar refractivity (Wildman–Crippen MR) is 76.8 cm³/mol. The second-order valence-electron chi connectivity index (χ2n) is 5.00. The van der Waals surface area contributed by atoms with E-state index in [0.717, 1.165) is 24.1 Å². The number of unbranched alkanes of at least 4 members (excludes halogenated alkanes) is 1. The van der Waals surface area contributed by atoms with Gasteiger partial charge in [0.15, 0.2) is 0 Å². The lowest BCUT2D eigenvalue weighted by molar-refractivity contribution is 0.0945. The summed E-state index contributed by atoms with van der Waals surface area (Å²) in [5.41, 5.74) is 1.89. The van der Waals surface area contributed by atoms with Gasteiger partial charge in [0.05, 0.1) is 0 Å². The van der Waals surface area contributed by atoms with Gasteiger partial charge in [0.25, 0.3) is 5.91 Å². The Morgan fingerprint density at radius 1 is 1.33 bits per heavy atom. The van der Waals surface area contributed by atoms with Crippen LogP contribution in [-0.2, 0) is 0 Å². The van der Waals surface area contributed by atoms with Crippen molar-refractivity contribution in [2.24, 2.45) is 5.92 Å². The van der Waals surface area contributed by atoms with Crippen molar-refractivity contribution in [3.63, 3.8) is 0 Å². The molecule has 0 aromatic heterocycles. The average molecular weight is 247 g/mol. The normalized spacial score (nSPS) is 12.2. The molecule has 18 heavy (non-hydrogen) atoms. The van der Waals surface area contributed by atoms with Crippen LogP contribution in [0.5, 0.6) is 0 Å². The van der Waals surface area contributed by atoms with Crippen LogP contribution in [0.2, 0.25) is 0 Å². The van der Waals surface area contributed by atoms with Gasteiger partial charge in [0.1, 0.15) is 0 Å². The van der Waals surface area contributed by atoms with Gasteiger partial charge in [-0.15, -0.1) is 0 Å². The number of carbonyl (C=O) groups excluding carboxylic acids is 1. The number of rotatable bonds is 7. The smallest absolute Gasteiger partial charge is 0.251 e. The molecule has 0 saturated heterocycles. The van der Waals surface area contributed by atoms with E-state index >= 15 is 0 Å². The van der Waals surface area contributed by atoms with Crippen LogP contribution >= 0.6 is 0 Å². The topological polar surface area (TPSA) is 29.1 Å². The SMILES string of the molecule is CCCC[C@H](CC)CNC(=O)c1cccc(C)c1. The van der Waals surface area contributed by atoms with Gasteiger partial charge in [0, 0.05) is 12.1 Å². The van der Waals surface area contributed by atoms with E-state index < -0.39 is 0 Å². The van der Waals surface area contributed by atoms with E-state index in [0.29, 0.717) is 5.92 Å². The minimum Gasteiger partial charge on any atom is -0.352 e. The molecule has 0 bridgehead atoms. The molecule has 0 aliphatic rings. The monoisotopic (exact) mass is 247 g/mol. The summed E-state index contributed by atoms with van der Waals surface area (Å²) < 4.78 is 0. The van der Waals surface area contributed by atoms with Gasteiger partial charge in [0.2, 0.25) is 0 Å². The predicted octanol–water partition coefficient (Wildman–Crippen LogP) is 3.94. The van der Waals surface area contributed by atoms with Gasteiger partial charge in [-0.1, -0.05) is 50.8 Å². The van der Waals surface area contributed by atoms with Gasteiger partial charge in [-0.2, -0.15) is 0 Å². The number of carbonyl (C=O) groups is 1. The van der Waals surface area contributed by atoms with Gasteiger partial charge in [-0.25, -0.2) is 0 Å². The van der Waals surface area contributed by atoms with E-state index in [1.165, 1.54) is 19.3 Å². The van der Waals surface area contributed by atoms with Crippen molar-refractivity contribution in [1.29, 1.82) is 0 Å². The maximum Gasteiger partial charge on any atom is 0.251 e. The molecule has 1 rings (SSSR count). The molecule has 0 spiro atoms. The molecule has 0 aliphatic heterocycles. The van der Waals surface area contributed by atoms with E-state index in [-0.39, 0.29) is 5.91 Å². The average Bonchev–Trinajstić information content (AvgIpc) is 2.38. The first-order valence-corrected chi connectivity index (χ1v) is 7.02. The lowest BCUT2D eigenvalue weighted by Gasteiger charge is -2.15. The third-order valence-corrected chi connectivity index (χ3v) is 3.37. The number of nitrogens with one attached hydrogen (secondary N) is 1. The Kier molecular flexibility index (Phi) is 6.48. The molecule has 0 aliphatic carbocycles. The first-order valence-electron chi connectivity index (χ1n) is 7.02. The number of hydrogen-bond acceptors (Lipinski definition) is 1. The van der Waals surface area contributed by atoms with Crippen molar-refractivity contribution >= 4 is 5.91 Å². The van der Waals surface area contributed by atoms with Crippen LogP contribution < -0.4 is 5.32 Å². The van der Waals surface area contributed by atoms with Crippen LogP contribution in [0.1, 0.15) is 55.5 Å².